The van der Waals surface area contributed by atoms with Crippen molar-refractivity contribution in [2.75, 3.05) is 20.0 Å². The van der Waals surface area contributed by atoms with Gasteiger partial charge < -0.3 is 9.47 Å². The fourth-order valence-electron chi connectivity index (χ4n) is 4.04. The lowest BCUT2D eigenvalue weighted by molar-refractivity contribution is -0.118. The zero-order chi connectivity index (χ0) is 27.2. The second-order valence-corrected chi connectivity index (χ2v) is 9.59. The minimum atomic E-state index is -0.240. The Kier molecular flexibility index (Phi) is 7.88. The van der Waals surface area contributed by atoms with E-state index < -0.39 is 0 Å². The third kappa shape index (κ3) is 5.94. The average molecular weight is 538 g/mol. The monoisotopic (exact) mass is 537 g/mol. The van der Waals surface area contributed by atoms with Crippen LogP contribution in [0.5, 0.6) is 11.5 Å². The fourth-order valence-corrected chi connectivity index (χ4v) is 4.79. The lowest BCUT2D eigenvalue weighted by atomic mass is 10.0. The smallest absolute Gasteiger partial charge is 0.250 e. The van der Waals surface area contributed by atoms with Gasteiger partial charge in [0, 0.05) is 11.3 Å². The van der Waals surface area contributed by atoms with E-state index in [4.69, 9.17) is 9.47 Å². The van der Waals surface area contributed by atoms with Crippen LogP contribution >= 0.6 is 11.8 Å². The molecule has 1 aromatic heterocycles. The molecule has 0 atom stereocenters. The first-order valence-corrected chi connectivity index (χ1v) is 13.2. The van der Waals surface area contributed by atoms with Gasteiger partial charge in [-0.05, 0) is 77.9 Å². The largest absolute Gasteiger partial charge is 0.497 e. The van der Waals surface area contributed by atoms with Gasteiger partial charge in [0.1, 0.15) is 11.5 Å². The fraction of sp³-hybridized carbons (Fsp3) is 0.133. The Balaban J connectivity index is 1.34. The van der Waals surface area contributed by atoms with E-state index in [9.17, 15) is 4.79 Å². The van der Waals surface area contributed by atoms with Crippen LogP contribution in [-0.2, 0) is 4.79 Å². The molecule has 0 aliphatic rings. The number of aromatic nitrogens is 3. The molecule has 1 N–H and O–H groups in total. The molecule has 0 aliphatic carbocycles. The molecule has 0 saturated heterocycles. The molecular formula is C30H27N5O3S. The molecule has 39 heavy (non-hydrogen) atoms. The van der Waals surface area contributed by atoms with Gasteiger partial charge >= 0.3 is 0 Å². The minimum absolute atomic E-state index is 0.116. The number of fused-ring (bicyclic) bond motifs is 1. The van der Waals surface area contributed by atoms with Gasteiger partial charge in [0.2, 0.25) is 0 Å². The van der Waals surface area contributed by atoms with Crippen LogP contribution in [0, 0.1) is 0 Å². The highest BCUT2D eigenvalue weighted by Gasteiger charge is 2.18. The number of amides is 1. The zero-order valence-electron chi connectivity index (χ0n) is 21.8. The van der Waals surface area contributed by atoms with Gasteiger partial charge in [0.15, 0.2) is 11.0 Å². The lowest BCUT2D eigenvalue weighted by Crippen LogP contribution is -2.21. The van der Waals surface area contributed by atoms with E-state index in [2.05, 4.69) is 38.9 Å². The van der Waals surface area contributed by atoms with Gasteiger partial charge in [-0.15, -0.1) is 10.2 Å². The summed E-state index contributed by atoms with van der Waals surface area (Å²) in [6.07, 6.45) is 0. The van der Waals surface area contributed by atoms with Crippen molar-refractivity contribution in [1.82, 2.24) is 20.2 Å². The molecule has 0 spiro atoms. The molecular weight excluding hydrogens is 510 g/mol. The molecule has 0 unspecified atom stereocenters. The number of nitrogens with zero attached hydrogens (tertiary/aromatic N) is 4. The Morgan fingerprint density at radius 1 is 0.872 bits per heavy atom. The van der Waals surface area contributed by atoms with E-state index in [1.807, 2.05) is 84.3 Å². The Bertz CT molecular complexity index is 1630. The van der Waals surface area contributed by atoms with Crippen LogP contribution in [0.2, 0.25) is 0 Å². The number of ether oxygens (including phenoxy) is 2. The van der Waals surface area contributed by atoms with E-state index in [0.717, 1.165) is 44.8 Å². The summed E-state index contributed by atoms with van der Waals surface area (Å²) in [5.74, 6) is 2.02. The number of hydrogen-bond donors (Lipinski definition) is 1. The van der Waals surface area contributed by atoms with Crippen LogP contribution in [0.3, 0.4) is 0 Å². The quantitative estimate of drug-likeness (QED) is 0.147. The summed E-state index contributed by atoms with van der Waals surface area (Å²) in [6.45, 7) is 1.87. The summed E-state index contributed by atoms with van der Waals surface area (Å²) in [5.41, 5.74) is 6.05. The van der Waals surface area contributed by atoms with Gasteiger partial charge in [-0.1, -0.05) is 48.2 Å². The van der Waals surface area contributed by atoms with Crippen molar-refractivity contribution in [1.29, 1.82) is 0 Å². The summed E-state index contributed by atoms with van der Waals surface area (Å²) in [6, 6.07) is 29.4. The highest BCUT2D eigenvalue weighted by Crippen LogP contribution is 2.30. The molecule has 9 heteroatoms. The van der Waals surface area contributed by atoms with Crippen molar-refractivity contribution in [3.05, 3.63) is 96.6 Å². The molecule has 5 aromatic rings. The SMILES string of the molecule is COc1ccc(-c2nnc(SCC(=O)NN=C(C)c3ccc4ccccc4c3)n2-c2ccc(OC)cc2)cc1. The van der Waals surface area contributed by atoms with Crippen molar-refractivity contribution < 1.29 is 14.3 Å². The highest BCUT2D eigenvalue weighted by atomic mass is 32.2. The first-order valence-electron chi connectivity index (χ1n) is 12.2. The first kappa shape index (κ1) is 26.0. The first-order chi connectivity index (χ1) is 19.1. The van der Waals surface area contributed by atoms with E-state index in [-0.39, 0.29) is 11.7 Å². The summed E-state index contributed by atoms with van der Waals surface area (Å²) in [5, 5.41) is 16.0. The summed E-state index contributed by atoms with van der Waals surface area (Å²) >= 11 is 1.28. The molecule has 1 amide bonds. The maximum atomic E-state index is 12.7. The number of benzene rings is 4. The van der Waals surface area contributed by atoms with E-state index in [1.165, 1.54) is 11.8 Å². The Morgan fingerprint density at radius 3 is 2.23 bits per heavy atom. The normalized spacial score (nSPS) is 11.4. The Hall–Kier alpha value is -4.63. The molecule has 196 valence electrons. The molecule has 4 aromatic carbocycles. The number of carbonyl (C=O) groups excluding carboxylic acids is 1. The predicted molar refractivity (Wildman–Crippen MR) is 155 cm³/mol. The molecule has 0 saturated carbocycles. The van der Waals surface area contributed by atoms with Crippen LogP contribution in [0.4, 0.5) is 0 Å². The van der Waals surface area contributed by atoms with Gasteiger partial charge in [0.25, 0.3) is 5.91 Å². The van der Waals surface area contributed by atoms with Gasteiger partial charge in [0.05, 0.1) is 25.7 Å². The van der Waals surface area contributed by atoms with Crippen LogP contribution in [-0.4, -0.2) is 46.4 Å². The standard InChI is InChI=1S/C30H27N5O3S/c1-20(23-9-8-21-6-4-5-7-24(21)18-23)31-32-28(36)19-39-30-34-33-29(22-10-14-26(37-2)15-11-22)35(30)25-12-16-27(38-3)17-13-25/h4-18H,19H2,1-3H3,(H,32,36). The molecule has 0 radical (unpaired) electrons. The number of hydrazone groups is 1. The molecule has 8 nitrogen and oxygen atoms in total. The summed E-state index contributed by atoms with van der Waals surface area (Å²) in [4.78, 5) is 12.7. The predicted octanol–water partition coefficient (Wildman–Crippen LogP) is 5.74. The van der Waals surface area contributed by atoms with Crippen molar-refractivity contribution in [2.24, 2.45) is 5.10 Å². The number of hydrogen-bond acceptors (Lipinski definition) is 7. The molecule has 0 bridgehead atoms. The molecule has 1 heterocycles. The van der Waals surface area contributed by atoms with Crippen molar-refractivity contribution in [3.8, 4) is 28.6 Å². The maximum absolute atomic E-state index is 12.7. The van der Waals surface area contributed by atoms with E-state index in [1.54, 1.807) is 14.2 Å². The number of carbonyl (C=O) groups is 1. The van der Waals surface area contributed by atoms with Crippen LogP contribution in [0.25, 0.3) is 27.8 Å². The Labute approximate surface area is 230 Å². The second-order valence-electron chi connectivity index (χ2n) is 8.65. The second kappa shape index (κ2) is 11.8. The van der Waals surface area contributed by atoms with Crippen molar-refractivity contribution in [3.63, 3.8) is 0 Å². The van der Waals surface area contributed by atoms with Gasteiger partial charge in [-0.25, -0.2) is 5.43 Å². The number of rotatable bonds is 9. The van der Waals surface area contributed by atoms with Crippen molar-refractivity contribution in [2.45, 2.75) is 12.1 Å². The van der Waals surface area contributed by atoms with Gasteiger partial charge in [-0.3, -0.25) is 9.36 Å². The summed E-state index contributed by atoms with van der Waals surface area (Å²) in [7, 11) is 3.25. The number of nitrogens with one attached hydrogen (secondary N) is 1. The van der Waals surface area contributed by atoms with E-state index >= 15 is 0 Å². The maximum Gasteiger partial charge on any atom is 0.250 e. The summed E-state index contributed by atoms with van der Waals surface area (Å²) < 4.78 is 12.5. The highest BCUT2D eigenvalue weighted by molar-refractivity contribution is 7.99. The number of methoxy groups -OCH3 is 2. The molecule has 0 aliphatic heterocycles. The van der Waals surface area contributed by atoms with Crippen molar-refractivity contribution >= 4 is 34.2 Å². The molecule has 0 fully saturated rings. The zero-order valence-corrected chi connectivity index (χ0v) is 22.6. The van der Waals surface area contributed by atoms with E-state index in [0.29, 0.717) is 11.0 Å². The third-order valence-electron chi connectivity index (χ3n) is 6.16. The third-order valence-corrected chi connectivity index (χ3v) is 7.09. The number of thioether (sulfide) groups is 1. The van der Waals surface area contributed by atoms with Gasteiger partial charge in [-0.2, -0.15) is 5.10 Å². The molecule has 5 rings (SSSR count). The Morgan fingerprint density at radius 2 is 1.54 bits per heavy atom. The van der Waals surface area contributed by atoms with Crippen LogP contribution in [0.1, 0.15) is 12.5 Å². The topological polar surface area (TPSA) is 90.6 Å². The lowest BCUT2D eigenvalue weighted by Gasteiger charge is -2.11. The minimum Gasteiger partial charge on any atom is -0.497 e. The average Bonchev–Trinajstić information content (AvgIpc) is 3.42. The van der Waals surface area contributed by atoms with Crippen LogP contribution in [0.15, 0.2) is 101 Å². The van der Waals surface area contributed by atoms with Crippen LogP contribution < -0.4 is 14.9 Å².